The van der Waals surface area contributed by atoms with E-state index in [1.807, 2.05) is 0 Å². The third-order valence-corrected chi connectivity index (χ3v) is 5.35. The van der Waals surface area contributed by atoms with E-state index in [1.54, 1.807) is 0 Å². The molecule has 0 radical (unpaired) electrons. The van der Waals surface area contributed by atoms with Crippen LogP contribution in [0.3, 0.4) is 0 Å². The minimum Gasteiger partial charge on any atom is -0.0622 e. The molecule has 0 bridgehead atoms. The molecule has 0 aromatic rings. The second-order valence-electron chi connectivity index (χ2n) is 6.28. The molecule has 0 heterocycles. The molecule has 0 spiro atoms. The molecule has 2 saturated carbocycles. The third kappa shape index (κ3) is 2.24. The van der Waals surface area contributed by atoms with Crippen molar-refractivity contribution in [3.8, 4) is 0 Å². The first-order valence-electron chi connectivity index (χ1n) is 7.26. The summed E-state index contributed by atoms with van der Waals surface area (Å²) in [6.45, 7) is 4.97. The molecule has 2 fully saturated rings. The van der Waals surface area contributed by atoms with Crippen molar-refractivity contribution >= 4 is 0 Å². The van der Waals surface area contributed by atoms with Gasteiger partial charge in [-0.05, 0) is 42.9 Å². The van der Waals surface area contributed by atoms with Crippen LogP contribution in [-0.4, -0.2) is 0 Å². The van der Waals surface area contributed by atoms with E-state index in [1.165, 1.54) is 64.2 Å². The topological polar surface area (TPSA) is 0 Å². The fourth-order valence-electron chi connectivity index (χ4n) is 4.34. The van der Waals surface area contributed by atoms with Crippen LogP contribution in [0, 0.1) is 17.3 Å². The Bertz CT molecular complexity index is 180. The van der Waals surface area contributed by atoms with Gasteiger partial charge in [-0.15, -0.1) is 0 Å². The van der Waals surface area contributed by atoms with Crippen LogP contribution in [-0.2, 0) is 0 Å². The summed E-state index contributed by atoms with van der Waals surface area (Å²) in [5.74, 6) is 1.99. The van der Waals surface area contributed by atoms with Crippen molar-refractivity contribution in [2.75, 3.05) is 0 Å². The molecule has 2 aliphatic rings. The Morgan fingerprint density at radius 2 is 1.33 bits per heavy atom. The lowest BCUT2D eigenvalue weighted by molar-refractivity contribution is 0.0190. The Morgan fingerprint density at radius 1 is 0.800 bits per heavy atom. The lowest BCUT2D eigenvalue weighted by Gasteiger charge is -2.48. The van der Waals surface area contributed by atoms with Gasteiger partial charge < -0.3 is 0 Å². The zero-order valence-corrected chi connectivity index (χ0v) is 10.7. The van der Waals surface area contributed by atoms with Crippen molar-refractivity contribution < 1.29 is 0 Å². The second kappa shape index (κ2) is 4.89. The first kappa shape index (κ1) is 11.5. The standard InChI is InChI=1S/C15H28/c1-13(2)15(11-7-4-8-12-15)14-9-5-3-6-10-14/h13-14H,3-12H2,1-2H3. The van der Waals surface area contributed by atoms with Gasteiger partial charge in [-0.3, -0.25) is 0 Å². The van der Waals surface area contributed by atoms with E-state index in [-0.39, 0.29) is 0 Å². The second-order valence-corrected chi connectivity index (χ2v) is 6.28. The summed E-state index contributed by atoms with van der Waals surface area (Å²) in [5, 5.41) is 0. The van der Waals surface area contributed by atoms with Crippen LogP contribution in [0.1, 0.15) is 78.1 Å². The van der Waals surface area contributed by atoms with Gasteiger partial charge in [0.1, 0.15) is 0 Å². The quantitative estimate of drug-likeness (QED) is 0.587. The summed E-state index contributed by atoms with van der Waals surface area (Å²) in [6, 6.07) is 0. The minimum absolute atomic E-state index is 0.749. The van der Waals surface area contributed by atoms with Gasteiger partial charge >= 0.3 is 0 Å². The van der Waals surface area contributed by atoms with Gasteiger partial charge in [0.2, 0.25) is 0 Å². The van der Waals surface area contributed by atoms with Crippen LogP contribution in [0.2, 0.25) is 0 Å². The molecule has 15 heavy (non-hydrogen) atoms. The largest absolute Gasteiger partial charge is 0.0622 e. The molecule has 0 aromatic heterocycles. The SMILES string of the molecule is CC(C)C1(C2CCCCC2)CCCCC1. The Labute approximate surface area is 95.8 Å². The molecule has 0 atom stereocenters. The molecule has 0 N–H and O–H groups in total. The van der Waals surface area contributed by atoms with E-state index in [9.17, 15) is 0 Å². The zero-order valence-electron chi connectivity index (χ0n) is 10.7. The summed E-state index contributed by atoms with van der Waals surface area (Å²) in [7, 11) is 0. The molecule has 0 heteroatoms. The van der Waals surface area contributed by atoms with E-state index in [0.29, 0.717) is 0 Å². The average Bonchev–Trinajstić information content (AvgIpc) is 2.31. The normalized spacial score (nSPS) is 28.2. The van der Waals surface area contributed by atoms with Crippen LogP contribution in [0.4, 0.5) is 0 Å². The third-order valence-electron chi connectivity index (χ3n) is 5.35. The number of hydrogen-bond donors (Lipinski definition) is 0. The molecule has 0 nitrogen and oxygen atoms in total. The van der Waals surface area contributed by atoms with Crippen LogP contribution in [0.15, 0.2) is 0 Å². The highest BCUT2D eigenvalue weighted by atomic mass is 14.5. The maximum atomic E-state index is 2.49. The molecule has 2 aliphatic carbocycles. The van der Waals surface area contributed by atoms with Crippen molar-refractivity contribution in [1.29, 1.82) is 0 Å². The lowest BCUT2D eigenvalue weighted by Crippen LogP contribution is -2.38. The summed E-state index contributed by atoms with van der Waals surface area (Å²) < 4.78 is 0. The van der Waals surface area contributed by atoms with Gasteiger partial charge in [0, 0.05) is 0 Å². The number of rotatable bonds is 2. The van der Waals surface area contributed by atoms with Crippen molar-refractivity contribution in [2.45, 2.75) is 78.1 Å². The zero-order chi connectivity index (χ0) is 10.7. The van der Waals surface area contributed by atoms with E-state index in [0.717, 1.165) is 17.3 Å². The highest BCUT2D eigenvalue weighted by Gasteiger charge is 2.41. The molecule has 0 aromatic carbocycles. The highest BCUT2D eigenvalue weighted by molar-refractivity contribution is 4.92. The number of hydrogen-bond acceptors (Lipinski definition) is 0. The van der Waals surface area contributed by atoms with Gasteiger partial charge in [0.25, 0.3) is 0 Å². The van der Waals surface area contributed by atoms with Crippen molar-refractivity contribution in [3.63, 3.8) is 0 Å². The van der Waals surface area contributed by atoms with Crippen LogP contribution in [0.5, 0.6) is 0 Å². The van der Waals surface area contributed by atoms with Gasteiger partial charge in [-0.1, -0.05) is 52.4 Å². The molecule has 88 valence electrons. The predicted octanol–water partition coefficient (Wildman–Crippen LogP) is 5.17. The van der Waals surface area contributed by atoms with Gasteiger partial charge in [0.15, 0.2) is 0 Å². The molecule has 0 saturated heterocycles. The van der Waals surface area contributed by atoms with E-state index in [4.69, 9.17) is 0 Å². The predicted molar refractivity (Wildman–Crippen MR) is 66.9 cm³/mol. The minimum atomic E-state index is 0.749. The molecule has 2 rings (SSSR count). The first-order valence-corrected chi connectivity index (χ1v) is 7.26. The van der Waals surface area contributed by atoms with Crippen LogP contribution in [0.25, 0.3) is 0 Å². The van der Waals surface area contributed by atoms with Gasteiger partial charge in [-0.2, -0.15) is 0 Å². The maximum Gasteiger partial charge on any atom is -0.0246 e. The van der Waals surface area contributed by atoms with Crippen molar-refractivity contribution in [1.82, 2.24) is 0 Å². The van der Waals surface area contributed by atoms with Crippen LogP contribution >= 0.6 is 0 Å². The Hall–Kier alpha value is 0. The van der Waals surface area contributed by atoms with E-state index < -0.39 is 0 Å². The van der Waals surface area contributed by atoms with Crippen LogP contribution < -0.4 is 0 Å². The molecular formula is C15H28. The van der Waals surface area contributed by atoms with E-state index in [2.05, 4.69) is 13.8 Å². The molecule has 0 aliphatic heterocycles. The average molecular weight is 208 g/mol. The summed E-state index contributed by atoms with van der Waals surface area (Å²) in [6.07, 6.45) is 15.2. The summed E-state index contributed by atoms with van der Waals surface area (Å²) >= 11 is 0. The fourth-order valence-corrected chi connectivity index (χ4v) is 4.34. The maximum absolute atomic E-state index is 2.49. The fraction of sp³-hybridized carbons (Fsp3) is 1.00. The lowest BCUT2D eigenvalue weighted by atomic mass is 9.57. The Kier molecular flexibility index (Phi) is 3.74. The highest BCUT2D eigenvalue weighted by Crippen LogP contribution is 2.52. The first-order chi connectivity index (χ1) is 7.26. The van der Waals surface area contributed by atoms with Gasteiger partial charge in [-0.25, -0.2) is 0 Å². The monoisotopic (exact) mass is 208 g/mol. The summed E-state index contributed by atoms with van der Waals surface area (Å²) in [5.41, 5.74) is 0.749. The molecular weight excluding hydrogens is 180 g/mol. The van der Waals surface area contributed by atoms with Crippen molar-refractivity contribution in [3.05, 3.63) is 0 Å². The smallest absolute Gasteiger partial charge is 0.0246 e. The Morgan fingerprint density at radius 3 is 1.87 bits per heavy atom. The molecule has 0 amide bonds. The van der Waals surface area contributed by atoms with Gasteiger partial charge in [0.05, 0.1) is 0 Å². The Balaban J connectivity index is 2.09. The van der Waals surface area contributed by atoms with Crippen molar-refractivity contribution in [2.24, 2.45) is 17.3 Å². The molecule has 0 unspecified atom stereocenters. The van der Waals surface area contributed by atoms with E-state index >= 15 is 0 Å². The summed E-state index contributed by atoms with van der Waals surface area (Å²) in [4.78, 5) is 0.